The molecule has 0 atom stereocenters. The summed E-state index contributed by atoms with van der Waals surface area (Å²) in [5.74, 6) is -0.300. The van der Waals surface area contributed by atoms with E-state index in [1.54, 1.807) is 17.0 Å². The minimum Gasteiger partial charge on any atom is -0.462 e. The second-order valence-electron chi connectivity index (χ2n) is 6.99. The molecule has 1 aliphatic heterocycles. The van der Waals surface area contributed by atoms with Crippen LogP contribution in [0.2, 0.25) is 0 Å². The number of nitrogens with one attached hydrogen (secondary N) is 1. The number of para-hydroxylation sites is 2. The summed E-state index contributed by atoms with van der Waals surface area (Å²) in [6.07, 6.45) is 0.796. The molecule has 1 heterocycles. The van der Waals surface area contributed by atoms with Gasteiger partial charge in [0.15, 0.2) is 0 Å². The first-order chi connectivity index (χ1) is 12.4. The van der Waals surface area contributed by atoms with Crippen molar-refractivity contribution in [2.24, 2.45) is 0 Å². The molecule has 1 amide bonds. The van der Waals surface area contributed by atoms with E-state index in [2.05, 4.69) is 5.32 Å². The Balaban J connectivity index is 1.82. The van der Waals surface area contributed by atoms with Gasteiger partial charge >= 0.3 is 5.97 Å². The molecule has 0 radical (unpaired) electrons. The van der Waals surface area contributed by atoms with Gasteiger partial charge in [0, 0.05) is 0 Å². The van der Waals surface area contributed by atoms with Crippen LogP contribution in [0.5, 0.6) is 0 Å². The van der Waals surface area contributed by atoms with Crippen LogP contribution < -0.4 is 10.2 Å². The molecule has 2 aromatic carbocycles. The molecule has 5 heteroatoms. The molecule has 0 aliphatic carbocycles. The van der Waals surface area contributed by atoms with Gasteiger partial charge in [0.05, 0.1) is 30.1 Å². The fraction of sp³-hybridized carbons (Fsp3) is 0.333. The summed E-state index contributed by atoms with van der Waals surface area (Å²) in [6, 6.07) is 15.0. The van der Waals surface area contributed by atoms with Crippen molar-refractivity contribution in [3.8, 4) is 0 Å². The molecule has 26 heavy (non-hydrogen) atoms. The van der Waals surface area contributed by atoms with Gasteiger partial charge in [-0.1, -0.05) is 31.2 Å². The molecule has 0 bridgehead atoms. The van der Waals surface area contributed by atoms with E-state index < -0.39 is 5.54 Å². The zero-order valence-electron chi connectivity index (χ0n) is 15.4. The topological polar surface area (TPSA) is 58.6 Å². The lowest BCUT2D eigenvalue weighted by molar-refractivity contribution is -0.122. The predicted octanol–water partition coefficient (Wildman–Crippen LogP) is 3.99. The van der Waals surface area contributed by atoms with Crippen molar-refractivity contribution in [2.45, 2.75) is 39.3 Å². The highest BCUT2D eigenvalue weighted by molar-refractivity contribution is 6.07. The SMILES string of the molecule is CCCOC(=O)c1ccc(CN2C(=O)C(C)(C)Nc3ccccc32)cc1. The number of rotatable bonds is 5. The van der Waals surface area contributed by atoms with E-state index in [-0.39, 0.29) is 11.9 Å². The first-order valence-corrected chi connectivity index (χ1v) is 8.87. The van der Waals surface area contributed by atoms with Crippen molar-refractivity contribution >= 4 is 23.3 Å². The average molecular weight is 352 g/mol. The zero-order valence-corrected chi connectivity index (χ0v) is 15.4. The number of benzene rings is 2. The van der Waals surface area contributed by atoms with Gasteiger partial charge in [0.25, 0.3) is 5.91 Å². The van der Waals surface area contributed by atoms with Crippen molar-refractivity contribution in [2.75, 3.05) is 16.8 Å². The van der Waals surface area contributed by atoms with Crippen molar-refractivity contribution < 1.29 is 14.3 Å². The van der Waals surface area contributed by atoms with Crippen LogP contribution in [0.25, 0.3) is 0 Å². The predicted molar refractivity (Wildman–Crippen MR) is 102 cm³/mol. The number of carbonyl (C=O) groups excluding carboxylic acids is 2. The highest BCUT2D eigenvalue weighted by atomic mass is 16.5. The molecule has 0 saturated heterocycles. The highest BCUT2D eigenvalue weighted by Crippen LogP contribution is 2.35. The maximum atomic E-state index is 12.9. The maximum Gasteiger partial charge on any atom is 0.338 e. The second-order valence-corrected chi connectivity index (χ2v) is 6.99. The lowest BCUT2D eigenvalue weighted by atomic mass is 9.97. The largest absolute Gasteiger partial charge is 0.462 e. The Bertz CT molecular complexity index is 812. The molecule has 0 aromatic heterocycles. The molecular weight excluding hydrogens is 328 g/mol. The van der Waals surface area contributed by atoms with E-state index in [0.717, 1.165) is 23.4 Å². The van der Waals surface area contributed by atoms with Gasteiger partial charge in [-0.25, -0.2) is 4.79 Å². The summed E-state index contributed by atoms with van der Waals surface area (Å²) in [7, 11) is 0. The minimum absolute atomic E-state index is 0.0163. The summed E-state index contributed by atoms with van der Waals surface area (Å²) in [5, 5.41) is 3.29. The Hall–Kier alpha value is -2.82. The van der Waals surface area contributed by atoms with Crippen LogP contribution in [0, 0.1) is 0 Å². The van der Waals surface area contributed by atoms with Crippen LogP contribution in [0.3, 0.4) is 0 Å². The Labute approximate surface area is 154 Å². The number of esters is 1. The van der Waals surface area contributed by atoms with Crippen molar-refractivity contribution in [3.05, 3.63) is 59.7 Å². The molecule has 0 unspecified atom stereocenters. The van der Waals surface area contributed by atoms with E-state index in [0.29, 0.717) is 18.7 Å². The number of ether oxygens (including phenoxy) is 1. The summed E-state index contributed by atoms with van der Waals surface area (Å²) in [5.41, 5.74) is 2.62. The van der Waals surface area contributed by atoms with Crippen LogP contribution >= 0.6 is 0 Å². The molecule has 1 aliphatic rings. The Morgan fingerprint density at radius 1 is 1.12 bits per heavy atom. The van der Waals surface area contributed by atoms with Gasteiger partial charge in [-0.3, -0.25) is 4.79 Å². The molecule has 2 aromatic rings. The fourth-order valence-electron chi connectivity index (χ4n) is 3.02. The van der Waals surface area contributed by atoms with E-state index in [4.69, 9.17) is 4.74 Å². The fourth-order valence-corrected chi connectivity index (χ4v) is 3.02. The molecule has 0 spiro atoms. The number of amides is 1. The summed E-state index contributed by atoms with van der Waals surface area (Å²) in [6.45, 7) is 6.59. The van der Waals surface area contributed by atoms with Crippen molar-refractivity contribution in [1.82, 2.24) is 0 Å². The quantitative estimate of drug-likeness (QED) is 0.827. The smallest absolute Gasteiger partial charge is 0.338 e. The Morgan fingerprint density at radius 3 is 2.50 bits per heavy atom. The Morgan fingerprint density at radius 2 is 1.81 bits per heavy atom. The van der Waals surface area contributed by atoms with Crippen LogP contribution in [0.1, 0.15) is 43.1 Å². The second kappa shape index (κ2) is 7.20. The molecule has 5 nitrogen and oxygen atoms in total. The van der Waals surface area contributed by atoms with Gasteiger partial charge in [-0.2, -0.15) is 0 Å². The monoisotopic (exact) mass is 352 g/mol. The van der Waals surface area contributed by atoms with Crippen LogP contribution in [-0.2, 0) is 16.1 Å². The number of carbonyl (C=O) groups is 2. The summed E-state index contributed by atoms with van der Waals surface area (Å²) in [4.78, 5) is 26.6. The third kappa shape index (κ3) is 3.57. The molecule has 0 fully saturated rings. The number of hydrogen-bond donors (Lipinski definition) is 1. The summed E-state index contributed by atoms with van der Waals surface area (Å²) >= 11 is 0. The van der Waals surface area contributed by atoms with E-state index in [1.165, 1.54) is 0 Å². The third-order valence-electron chi connectivity index (χ3n) is 4.39. The molecule has 136 valence electrons. The molecule has 1 N–H and O–H groups in total. The van der Waals surface area contributed by atoms with Gasteiger partial charge in [0.2, 0.25) is 0 Å². The van der Waals surface area contributed by atoms with E-state index >= 15 is 0 Å². The number of anilines is 2. The third-order valence-corrected chi connectivity index (χ3v) is 4.39. The molecule has 0 saturated carbocycles. The minimum atomic E-state index is -0.668. The lowest BCUT2D eigenvalue weighted by Crippen LogP contribution is -2.53. The molecular formula is C21H24N2O3. The summed E-state index contributed by atoms with van der Waals surface area (Å²) < 4.78 is 5.15. The van der Waals surface area contributed by atoms with Gasteiger partial charge in [-0.05, 0) is 50.1 Å². The van der Waals surface area contributed by atoms with E-state index in [1.807, 2.05) is 57.2 Å². The zero-order chi connectivity index (χ0) is 18.7. The Kier molecular flexibility index (Phi) is 4.98. The van der Waals surface area contributed by atoms with Crippen LogP contribution in [-0.4, -0.2) is 24.0 Å². The van der Waals surface area contributed by atoms with Gasteiger partial charge in [0.1, 0.15) is 5.54 Å². The maximum absolute atomic E-state index is 12.9. The van der Waals surface area contributed by atoms with Gasteiger partial charge in [-0.15, -0.1) is 0 Å². The average Bonchev–Trinajstić information content (AvgIpc) is 2.63. The highest BCUT2D eigenvalue weighted by Gasteiger charge is 2.38. The van der Waals surface area contributed by atoms with Gasteiger partial charge < -0.3 is 15.0 Å². The first kappa shape index (κ1) is 18.0. The number of hydrogen-bond acceptors (Lipinski definition) is 4. The first-order valence-electron chi connectivity index (χ1n) is 8.87. The number of nitrogens with zero attached hydrogens (tertiary/aromatic N) is 1. The van der Waals surface area contributed by atoms with E-state index in [9.17, 15) is 9.59 Å². The standard InChI is InChI=1S/C21H24N2O3/c1-4-13-26-19(24)16-11-9-15(10-12-16)14-23-18-8-6-5-7-17(18)22-21(2,3)20(23)25/h5-12,22H,4,13-14H2,1-3H3. The van der Waals surface area contributed by atoms with Crippen molar-refractivity contribution in [1.29, 1.82) is 0 Å². The van der Waals surface area contributed by atoms with Crippen LogP contribution in [0.4, 0.5) is 11.4 Å². The number of fused-ring (bicyclic) bond motifs is 1. The van der Waals surface area contributed by atoms with Crippen LogP contribution in [0.15, 0.2) is 48.5 Å². The van der Waals surface area contributed by atoms with Crippen molar-refractivity contribution in [3.63, 3.8) is 0 Å². The molecule has 3 rings (SSSR count). The normalized spacial score (nSPS) is 15.2. The lowest BCUT2D eigenvalue weighted by Gasteiger charge is -2.40.